The van der Waals surface area contributed by atoms with Crippen LogP contribution in [-0.2, 0) is 11.8 Å². The fraction of sp³-hybridized carbons (Fsp3) is 0.304. The molecule has 2 aromatic carbocycles. The third kappa shape index (κ3) is 6.59. The number of rotatable bonds is 8. The van der Waals surface area contributed by atoms with Crippen LogP contribution in [0.4, 0.5) is 5.69 Å². The van der Waals surface area contributed by atoms with Crippen LogP contribution in [0.1, 0.15) is 54.5 Å². The summed E-state index contributed by atoms with van der Waals surface area (Å²) in [5.41, 5.74) is 2.37. The van der Waals surface area contributed by atoms with E-state index >= 15 is 0 Å². The molecule has 1 heterocycles. The maximum atomic E-state index is 12.6. The monoisotopic (exact) mass is 549 g/mol. The van der Waals surface area contributed by atoms with Crippen molar-refractivity contribution in [2.45, 2.75) is 37.9 Å². The van der Waals surface area contributed by atoms with Gasteiger partial charge in [0.05, 0.1) is 11.8 Å². The van der Waals surface area contributed by atoms with Crippen molar-refractivity contribution in [2.75, 3.05) is 11.1 Å². The molecule has 2 N–H and O–H groups in total. The van der Waals surface area contributed by atoms with Crippen LogP contribution < -0.4 is 10.6 Å². The van der Waals surface area contributed by atoms with Crippen molar-refractivity contribution in [1.82, 2.24) is 20.1 Å². The van der Waals surface area contributed by atoms with Gasteiger partial charge in [-0.05, 0) is 60.9 Å². The van der Waals surface area contributed by atoms with Gasteiger partial charge in [0.15, 0.2) is 11.0 Å². The van der Waals surface area contributed by atoms with E-state index in [4.69, 9.17) is 11.6 Å². The predicted molar refractivity (Wildman–Crippen MR) is 136 cm³/mol. The Balaban J connectivity index is 1.60. The second-order valence-electron chi connectivity index (χ2n) is 7.82. The molecule has 0 radical (unpaired) electrons. The highest BCUT2D eigenvalue weighted by atomic mass is 79.9. The molecule has 0 fully saturated rings. The van der Waals surface area contributed by atoms with Crippen molar-refractivity contribution in [3.63, 3.8) is 0 Å². The molecule has 0 aliphatic rings. The largest absolute Gasteiger partial charge is 0.342 e. The second kappa shape index (κ2) is 11.2. The van der Waals surface area contributed by atoms with Crippen molar-refractivity contribution in [1.29, 1.82) is 0 Å². The first-order chi connectivity index (χ1) is 15.7. The number of hydrogen-bond acceptors (Lipinski definition) is 5. The predicted octanol–water partition coefficient (Wildman–Crippen LogP) is 5.58. The molecule has 1 atom stereocenters. The van der Waals surface area contributed by atoms with E-state index in [0.29, 0.717) is 21.6 Å². The van der Waals surface area contributed by atoms with Crippen LogP contribution in [0, 0.1) is 0 Å². The molecule has 0 saturated heterocycles. The smallest absolute Gasteiger partial charge is 0.251 e. The summed E-state index contributed by atoms with van der Waals surface area (Å²) in [5.74, 6) is 0.695. The Morgan fingerprint density at radius 1 is 1.12 bits per heavy atom. The number of carbonyl (C=O) groups is 2. The zero-order valence-electron chi connectivity index (χ0n) is 18.7. The molecule has 10 heteroatoms. The van der Waals surface area contributed by atoms with E-state index in [1.165, 1.54) is 11.8 Å². The topological polar surface area (TPSA) is 88.9 Å². The van der Waals surface area contributed by atoms with Crippen LogP contribution >= 0.6 is 39.3 Å². The minimum absolute atomic E-state index is 0.127. The lowest BCUT2D eigenvalue weighted by atomic mass is 10.0. The molecule has 7 nitrogen and oxygen atoms in total. The highest BCUT2D eigenvalue weighted by Crippen LogP contribution is 2.28. The summed E-state index contributed by atoms with van der Waals surface area (Å²) < 4.78 is 2.76. The minimum Gasteiger partial charge on any atom is -0.342 e. The quantitative estimate of drug-likeness (QED) is 0.358. The number of benzene rings is 2. The molecule has 0 aliphatic heterocycles. The molecule has 1 aromatic heterocycles. The summed E-state index contributed by atoms with van der Waals surface area (Å²) >= 11 is 10.6. The fourth-order valence-electron chi connectivity index (χ4n) is 3.22. The summed E-state index contributed by atoms with van der Waals surface area (Å²) in [7, 11) is 1.81. The van der Waals surface area contributed by atoms with E-state index in [2.05, 4.69) is 50.6 Å². The number of carbonyl (C=O) groups excluding carboxylic acids is 2. The van der Waals surface area contributed by atoms with Crippen molar-refractivity contribution >= 4 is 56.8 Å². The SMILES string of the molecule is CC(C)c1cc(Br)ccc1NC(=O)CSc1nnc([C@@H](C)NC(=O)c2ccc(Cl)cc2)n1C. The third-order valence-corrected chi connectivity index (χ3v) is 6.72. The summed E-state index contributed by atoms with van der Waals surface area (Å²) in [6.07, 6.45) is 0. The van der Waals surface area contributed by atoms with E-state index < -0.39 is 0 Å². The maximum absolute atomic E-state index is 12.6. The molecule has 0 aliphatic carbocycles. The fourth-order valence-corrected chi connectivity index (χ4v) is 4.44. The summed E-state index contributed by atoms with van der Waals surface area (Å²) in [6, 6.07) is 12.1. The first-order valence-electron chi connectivity index (χ1n) is 10.3. The Kier molecular flexibility index (Phi) is 8.56. The van der Waals surface area contributed by atoms with Crippen LogP contribution in [0.3, 0.4) is 0 Å². The van der Waals surface area contributed by atoms with Crippen molar-refractivity contribution in [3.8, 4) is 0 Å². The maximum Gasteiger partial charge on any atom is 0.251 e. The number of hydrogen-bond donors (Lipinski definition) is 2. The van der Waals surface area contributed by atoms with Crippen molar-refractivity contribution < 1.29 is 9.59 Å². The number of amides is 2. The van der Waals surface area contributed by atoms with Crippen LogP contribution in [0.5, 0.6) is 0 Å². The zero-order chi connectivity index (χ0) is 24.1. The number of anilines is 1. The van der Waals surface area contributed by atoms with E-state index in [9.17, 15) is 9.59 Å². The van der Waals surface area contributed by atoms with Crippen LogP contribution in [-0.4, -0.2) is 32.3 Å². The molecule has 3 aromatic rings. The Morgan fingerprint density at radius 2 is 1.82 bits per heavy atom. The first-order valence-corrected chi connectivity index (χ1v) is 12.5. The molecular weight excluding hydrogens is 526 g/mol. The van der Waals surface area contributed by atoms with Gasteiger partial charge in [-0.3, -0.25) is 9.59 Å². The van der Waals surface area contributed by atoms with Gasteiger partial charge in [0, 0.05) is 27.8 Å². The van der Waals surface area contributed by atoms with Crippen molar-refractivity contribution in [2.24, 2.45) is 7.05 Å². The van der Waals surface area contributed by atoms with Crippen LogP contribution in [0.2, 0.25) is 5.02 Å². The molecular formula is C23H25BrClN5O2S. The van der Waals surface area contributed by atoms with E-state index in [0.717, 1.165) is 15.7 Å². The minimum atomic E-state index is -0.370. The van der Waals surface area contributed by atoms with Gasteiger partial charge >= 0.3 is 0 Å². The van der Waals surface area contributed by atoms with Crippen LogP contribution in [0.25, 0.3) is 0 Å². The normalized spacial score (nSPS) is 12.0. The van der Waals surface area contributed by atoms with E-state index in [1.807, 2.05) is 32.2 Å². The lowest BCUT2D eigenvalue weighted by Gasteiger charge is -2.15. The Morgan fingerprint density at radius 3 is 2.48 bits per heavy atom. The lowest BCUT2D eigenvalue weighted by Crippen LogP contribution is -2.28. The highest BCUT2D eigenvalue weighted by Gasteiger charge is 2.19. The number of thioether (sulfide) groups is 1. The molecule has 2 amide bonds. The molecule has 3 rings (SSSR count). The van der Waals surface area contributed by atoms with E-state index in [1.54, 1.807) is 28.8 Å². The van der Waals surface area contributed by atoms with Gasteiger partial charge in [0.1, 0.15) is 0 Å². The van der Waals surface area contributed by atoms with Crippen LogP contribution in [0.15, 0.2) is 52.1 Å². The average molecular weight is 551 g/mol. The van der Waals surface area contributed by atoms with Gasteiger partial charge in [-0.25, -0.2) is 0 Å². The Labute approximate surface area is 210 Å². The number of halogens is 2. The third-order valence-electron chi connectivity index (χ3n) is 4.95. The van der Waals surface area contributed by atoms with Gasteiger partial charge in [0.25, 0.3) is 5.91 Å². The molecule has 0 saturated carbocycles. The van der Waals surface area contributed by atoms with Gasteiger partial charge in [0.2, 0.25) is 5.91 Å². The summed E-state index contributed by atoms with van der Waals surface area (Å²) in [5, 5.41) is 15.4. The van der Waals surface area contributed by atoms with Gasteiger partial charge in [-0.2, -0.15) is 0 Å². The zero-order valence-corrected chi connectivity index (χ0v) is 21.9. The summed E-state index contributed by atoms with van der Waals surface area (Å²) in [6.45, 7) is 6.00. The summed E-state index contributed by atoms with van der Waals surface area (Å²) in [4.78, 5) is 25.0. The number of nitrogens with one attached hydrogen (secondary N) is 2. The average Bonchev–Trinajstić information content (AvgIpc) is 3.14. The standard InChI is InChI=1S/C23H25BrClN5O2S/c1-13(2)18-11-16(24)7-10-19(18)27-20(31)12-33-23-29-28-21(30(23)4)14(3)26-22(32)15-5-8-17(25)9-6-15/h5-11,13-14H,12H2,1-4H3,(H,26,32)(H,27,31)/t14-/m1/s1. The Bertz CT molecular complexity index is 1150. The van der Waals surface area contributed by atoms with Gasteiger partial charge in [-0.15, -0.1) is 10.2 Å². The molecule has 0 spiro atoms. The number of nitrogens with zero attached hydrogens (tertiary/aromatic N) is 3. The first kappa shape index (κ1) is 25.3. The molecule has 174 valence electrons. The van der Waals surface area contributed by atoms with Crippen molar-refractivity contribution in [3.05, 3.63) is 68.9 Å². The molecule has 33 heavy (non-hydrogen) atoms. The van der Waals surface area contributed by atoms with E-state index in [-0.39, 0.29) is 29.5 Å². The number of aromatic nitrogens is 3. The lowest BCUT2D eigenvalue weighted by molar-refractivity contribution is -0.113. The molecule has 0 bridgehead atoms. The van der Waals surface area contributed by atoms with Gasteiger partial charge in [-0.1, -0.05) is 53.1 Å². The Hall–Kier alpha value is -2.36. The highest BCUT2D eigenvalue weighted by molar-refractivity contribution is 9.10. The molecule has 0 unspecified atom stereocenters. The second-order valence-corrected chi connectivity index (χ2v) is 10.1. The van der Waals surface area contributed by atoms with Gasteiger partial charge < -0.3 is 15.2 Å².